The number of fused-ring (bicyclic) bond motifs is 1. The average molecular weight is 309 g/mol. The third-order valence-corrected chi connectivity index (χ3v) is 4.72. The number of nitrogens with zero attached hydrogens (tertiary/aromatic N) is 2. The van der Waals surface area contributed by atoms with Crippen LogP contribution in [0.25, 0.3) is 11.1 Å². The summed E-state index contributed by atoms with van der Waals surface area (Å²) in [4.78, 5) is 8.51. The van der Waals surface area contributed by atoms with Crippen molar-refractivity contribution < 1.29 is 9.47 Å². The van der Waals surface area contributed by atoms with Gasteiger partial charge >= 0.3 is 0 Å². The third-order valence-electron chi connectivity index (χ3n) is 4.72. The van der Waals surface area contributed by atoms with E-state index in [9.17, 15) is 0 Å². The maximum Gasteiger partial charge on any atom is 0.282 e. The quantitative estimate of drug-likeness (QED) is 0.924. The SMILES string of the molecule is COc1cncc(-c2cccc3c2CCC2(CN=C(N)O2)C3)c1. The van der Waals surface area contributed by atoms with Gasteiger partial charge in [-0.2, -0.15) is 0 Å². The van der Waals surface area contributed by atoms with Crippen molar-refractivity contribution in [2.75, 3.05) is 13.7 Å². The highest BCUT2D eigenvalue weighted by molar-refractivity contribution is 5.74. The number of amidine groups is 1. The van der Waals surface area contributed by atoms with Crippen molar-refractivity contribution in [3.8, 4) is 16.9 Å². The van der Waals surface area contributed by atoms with Crippen molar-refractivity contribution in [3.63, 3.8) is 0 Å². The van der Waals surface area contributed by atoms with Crippen LogP contribution in [-0.2, 0) is 17.6 Å². The molecule has 118 valence electrons. The first-order valence-corrected chi connectivity index (χ1v) is 7.78. The zero-order valence-corrected chi connectivity index (χ0v) is 13.1. The van der Waals surface area contributed by atoms with Crippen LogP contribution in [0, 0.1) is 0 Å². The minimum Gasteiger partial charge on any atom is -0.495 e. The van der Waals surface area contributed by atoms with Gasteiger partial charge in [0.05, 0.1) is 19.9 Å². The zero-order valence-electron chi connectivity index (χ0n) is 13.1. The van der Waals surface area contributed by atoms with E-state index in [4.69, 9.17) is 15.2 Å². The molecule has 1 aliphatic heterocycles. The maximum atomic E-state index is 5.82. The van der Waals surface area contributed by atoms with Gasteiger partial charge in [0.25, 0.3) is 6.02 Å². The molecule has 2 aliphatic rings. The molecule has 4 rings (SSSR count). The minimum atomic E-state index is -0.248. The molecule has 23 heavy (non-hydrogen) atoms. The smallest absolute Gasteiger partial charge is 0.282 e. The molecule has 1 aliphatic carbocycles. The lowest BCUT2D eigenvalue weighted by atomic mass is 9.78. The summed E-state index contributed by atoms with van der Waals surface area (Å²) in [6.45, 7) is 0.656. The Balaban J connectivity index is 1.71. The van der Waals surface area contributed by atoms with E-state index in [-0.39, 0.29) is 5.60 Å². The van der Waals surface area contributed by atoms with E-state index in [2.05, 4.69) is 28.2 Å². The number of methoxy groups -OCH3 is 1. The van der Waals surface area contributed by atoms with Crippen molar-refractivity contribution in [3.05, 3.63) is 47.8 Å². The number of aliphatic imine (C=N–C) groups is 1. The highest BCUT2D eigenvalue weighted by atomic mass is 16.5. The molecule has 1 aromatic carbocycles. The molecule has 5 nitrogen and oxygen atoms in total. The fourth-order valence-electron chi connectivity index (χ4n) is 3.56. The van der Waals surface area contributed by atoms with Gasteiger partial charge in [0.1, 0.15) is 11.4 Å². The normalized spacial score (nSPS) is 22.4. The van der Waals surface area contributed by atoms with Crippen LogP contribution in [0.5, 0.6) is 5.75 Å². The largest absolute Gasteiger partial charge is 0.495 e. The molecular weight excluding hydrogens is 290 g/mol. The number of benzene rings is 1. The topological polar surface area (TPSA) is 69.7 Å². The summed E-state index contributed by atoms with van der Waals surface area (Å²) in [6, 6.07) is 8.76. The predicted molar refractivity (Wildman–Crippen MR) is 88.6 cm³/mol. The Bertz CT molecular complexity index is 788. The summed E-state index contributed by atoms with van der Waals surface area (Å²) >= 11 is 0. The summed E-state index contributed by atoms with van der Waals surface area (Å²) in [5.74, 6) is 0.771. The summed E-state index contributed by atoms with van der Waals surface area (Å²) in [5.41, 5.74) is 10.4. The van der Waals surface area contributed by atoms with Crippen LogP contribution in [0.4, 0.5) is 0 Å². The Morgan fingerprint density at radius 2 is 2.22 bits per heavy atom. The van der Waals surface area contributed by atoms with Crippen molar-refractivity contribution in [2.45, 2.75) is 24.9 Å². The molecule has 0 radical (unpaired) electrons. The molecule has 0 fully saturated rings. The molecule has 0 saturated carbocycles. The Hall–Kier alpha value is -2.56. The Labute approximate surface area is 135 Å². The van der Waals surface area contributed by atoms with Gasteiger partial charge in [-0.05, 0) is 35.6 Å². The number of pyridine rings is 1. The van der Waals surface area contributed by atoms with Crippen LogP contribution in [0.3, 0.4) is 0 Å². The van der Waals surface area contributed by atoms with Crippen LogP contribution >= 0.6 is 0 Å². The van der Waals surface area contributed by atoms with Crippen molar-refractivity contribution in [1.82, 2.24) is 4.98 Å². The summed E-state index contributed by atoms with van der Waals surface area (Å²) in [7, 11) is 1.66. The highest BCUT2D eigenvalue weighted by Crippen LogP contribution is 2.38. The van der Waals surface area contributed by atoms with Crippen molar-refractivity contribution in [1.29, 1.82) is 0 Å². The molecule has 1 aromatic heterocycles. The molecule has 2 heterocycles. The van der Waals surface area contributed by atoms with Crippen LogP contribution in [0.2, 0.25) is 0 Å². The highest BCUT2D eigenvalue weighted by Gasteiger charge is 2.40. The van der Waals surface area contributed by atoms with E-state index in [0.717, 1.165) is 30.6 Å². The number of hydrogen-bond donors (Lipinski definition) is 1. The first-order valence-electron chi connectivity index (χ1n) is 7.78. The lowest BCUT2D eigenvalue weighted by molar-refractivity contribution is 0.0704. The van der Waals surface area contributed by atoms with E-state index in [0.29, 0.717) is 12.6 Å². The summed E-state index contributed by atoms with van der Waals surface area (Å²) < 4.78 is 11.1. The molecule has 5 heteroatoms. The van der Waals surface area contributed by atoms with Gasteiger partial charge in [-0.25, -0.2) is 4.99 Å². The maximum absolute atomic E-state index is 5.82. The van der Waals surface area contributed by atoms with E-state index in [1.807, 2.05) is 12.3 Å². The van der Waals surface area contributed by atoms with Gasteiger partial charge in [-0.1, -0.05) is 18.2 Å². The Morgan fingerprint density at radius 3 is 3.00 bits per heavy atom. The number of ether oxygens (including phenoxy) is 2. The second-order valence-electron chi connectivity index (χ2n) is 6.17. The minimum absolute atomic E-state index is 0.248. The molecule has 1 atom stereocenters. The fraction of sp³-hybridized carbons (Fsp3) is 0.333. The first-order chi connectivity index (χ1) is 11.2. The van der Waals surface area contributed by atoms with E-state index in [1.54, 1.807) is 13.3 Å². The molecular formula is C18H19N3O2. The van der Waals surface area contributed by atoms with Gasteiger partial charge in [0.15, 0.2) is 0 Å². The standard InChI is InChI=1S/C18H19N3O2/c1-22-14-7-13(9-20-10-14)15-4-2-3-12-8-18(6-5-16(12)15)11-21-17(19)23-18/h2-4,7,9-10H,5-6,8,11H2,1H3,(H2,19,21). The second kappa shape index (κ2) is 5.26. The lowest BCUT2D eigenvalue weighted by Gasteiger charge is -2.34. The Kier molecular flexibility index (Phi) is 3.22. The summed E-state index contributed by atoms with van der Waals surface area (Å²) in [5, 5.41) is 0. The number of aromatic nitrogens is 1. The van der Waals surface area contributed by atoms with Crippen molar-refractivity contribution >= 4 is 6.02 Å². The van der Waals surface area contributed by atoms with E-state index >= 15 is 0 Å². The van der Waals surface area contributed by atoms with Crippen LogP contribution in [0.1, 0.15) is 17.5 Å². The summed E-state index contributed by atoms with van der Waals surface area (Å²) in [6.07, 6.45) is 6.33. The van der Waals surface area contributed by atoms with Crippen molar-refractivity contribution in [2.24, 2.45) is 10.7 Å². The third kappa shape index (κ3) is 2.42. The van der Waals surface area contributed by atoms with E-state index < -0.39 is 0 Å². The molecule has 0 bridgehead atoms. The van der Waals surface area contributed by atoms with Crippen LogP contribution < -0.4 is 10.5 Å². The number of hydrogen-bond acceptors (Lipinski definition) is 5. The molecule has 2 aromatic rings. The molecule has 1 unspecified atom stereocenters. The average Bonchev–Trinajstić information content (AvgIpc) is 2.94. The van der Waals surface area contributed by atoms with Gasteiger partial charge in [0, 0.05) is 18.2 Å². The van der Waals surface area contributed by atoms with Gasteiger partial charge in [-0.15, -0.1) is 0 Å². The molecule has 0 amide bonds. The van der Waals surface area contributed by atoms with Crippen LogP contribution in [-0.4, -0.2) is 30.3 Å². The van der Waals surface area contributed by atoms with Gasteiger partial charge < -0.3 is 15.2 Å². The van der Waals surface area contributed by atoms with Crippen LogP contribution in [0.15, 0.2) is 41.7 Å². The molecule has 2 N–H and O–H groups in total. The monoisotopic (exact) mass is 309 g/mol. The lowest BCUT2D eigenvalue weighted by Crippen LogP contribution is -2.40. The van der Waals surface area contributed by atoms with E-state index in [1.165, 1.54) is 16.7 Å². The van der Waals surface area contributed by atoms with Gasteiger partial charge in [-0.3, -0.25) is 4.98 Å². The second-order valence-corrected chi connectivity index (χ2v) is 6.17. The first kappa shape index (κ1) is 14.1. The number of rotatable bonds is 2. The van der Waals surface area contributed by atoms with Gasteiger partial charge in [0.2, 0.25) is 0 Å². The predicted octanol–water partition coefficient (Wildman–Crippen LogP) is 2.33. The Morgan fingerprint density at radius 1 is 1.30 bits per heavy atom. The molecule has 1 spiro atoms. The molecule has 0 saturated heterocycles. The zero-order chi connectivity index (χ0) is 15.9. The fourth-order valence-corrected chi connectivity index (χ4v) is 3.56. The number of nitrogens with two attached hydrogens (primary N) is 1.